The molecule has 0 radical (unpaired) electrons. The second kappa shape index (κ2) is 7.64. The Morgan fingerprint density at radius 3 is 2.36 bits per heavy atom. The summed E-state index contributed by atoms with van der Waals surface area (Å²) in [5, 5.41) is 0. The molecule has 4 nitrogen and oxygen atoms in total. The van der Waals surface area contributed by atoms with Gasteiger partial charge in [-0.15, -0.1) is 0 Å². The van der Waals surface area contributed by atoms with E-state index in [-0.39, 0.29) is 24.8 Å². The monoisotopic (exact) mass is 375 g/mol. The van der Waals surface area contributed by atoms with E-state index in [1.54, 1.807) is 24.3 Å². The minimum atomic E-state index is -0.488. The second-order valence-corrected chi connectivity index (χ2v) is 6.61. The number of carbonyl (C=O) groups excluding carboxylic acids is 2. The van der Waals surface area contributed by atoms with Gasteiger partial charge in [0.1, 0.15) is 12.4 Å². The number of anilines is 1. The lowest BCUT2D eigenvalue weighted by molar-refractivity contribution is -0.145. The minimum Gasteiger partial charge on any atom is -0.461 e. The lowest BCUT2D eigenvalue weighted by atomic mass is 10.0. The van der Waals surface area contributed by atoms with Crippen LogP contribution < -0.4 is 4.90 Å². The highest BCUT2D eigenvalue weighted by Gasteiger charge is 2.38. The maximum absolute atomic E-state index is 13.3. The molecule has 0 aromatic heterocycles. The molecule has 140 valence electrons. The minimum absolute atomic E-state index is 0.0208. The summed E-state index contributed by atoms with van der Waals surface area (Å²) < 4.78 is 18.7. The molecule has 3 aromatic rings. The Labute approximate surface area is 162 Å². The molecule has 1 aliphatic rings. The first-order chi connectivity index (χ1) is 13.6. The average molecular weight is 375 g/mol. The Bertz CT molecular complexity index is 1000. The first kappa shape index (κ1) is 17.9. The summed E-state index contributed by atoms with van der Waals surface area (Å²) in [6.45, 7) is 0.179. The standard InChI is InChI=1S/C23H18FNO3/c24-17-10-12-18(13-11-17)25-21(19-8-4-5-9-20(19)23(25)27)14-22(26)28-15-16-6-2-1-3-7-16/h1-13,21H,14-15H2. The summed E-state index contributed by atoms with van der Waals surface area (Å²) in [5.74, 6) is -0.986. The number of carbonyl (C=O) groups is 2. The van der Waals surface area contributed by atoms with Gasteiger partial charge in [0.2, 0.25) is 0 Å². The Morgan fingerprint density at radius 2 is 1.61 bits per heavy atom. The van der Waals surface area contributed by atoms with E-state index in [1.807, 2.05) is 42.5 Å². The molecule has 0 aliphatic carbocycles. The SMILES string of the molecule is O=C(CC1c2ccccc2C(=O)N1c1ccc(F)cc1)OCc1ccccc1. The smallest absolute Gasteiger partial charge is 0.308 e. The number of nitrogens with zero attached hydrogens (tertiary/aromatic N) is 1. The predicted octanol–water partition coefficient (Wildman–Crippen LogP) is 4.66. The van der Waals surface area contributed by atoms with E-state index in [9.17, 15) is 14.0 Å². The van der Waals surface area contributed by atoms with Crippen molar-refractivity contribution in [3.63, 3.8) is 0 Å². The second-order valence-electron chi connectivity index (χ2n) is 6.61. The van der Waals surface area contributed by atoms with Crippen LogP contribution >= 0.6 is 0 Å². The number of hydrogen-bond donors (Lipinski definition) is 0. The molecule has 0 N–H and O–H groups in total. The lowest BCUT2D eigenvalue weighted by Gasteiger charge is -2.25. The molecular formula is C23H18FNO3. The van der Waals surface area contributed by atoms with E-state index >= 15 is 0 Å². The van der Waals surface area contributed by atoms with Crippen LogP contribution in [0.1, 0.15) is 33.9 Å². The van der Waals surface area contributed by atoms with Crippen LogP contribution in [-0.4, -0.2) is 11.9 Å². The number of rotatable bonds is 5. The molecule has 1 heterocycles. The lowest BCUT2D eigenvalue weighted by Crippen LogP contribution is -2.29. The third kappa shape index (κ3) is 3.51. The summed E-state index contributed by atoms with van der Waals surface area (Å²) in [5.41, 5.74) is 2.76. The highest BCUT2D eigenvalue weighted by molar-refractivity contribution is 6.11. The van der Waals surface area contributed by atoms with Crippen molar-refractivity contribution < 1.29 is 18.7 Å². The normalized spacial score (nSPS) is 15.4. The van der Waals surface area contributed by atoms with Crippen LogP contribution in [0.25, 0.3) is 0 Å². The van der Waals surface area contributed by atoms with Gasteiger partial charge in [-0.2, -0.15) is 0 Å². The van der Waals surface area contributed by atoms with Crippen molar-refractivity contribution in [2.75, 3.05) is 4.90 Å². The molecule has 0 saturated carbocycles. The number of hydrogen-bond acceptors (Lipinski definition) is 3. The van der Waals surface area contributed by atoms with E-state index in [4.69, 9.17) is 4.74 Å². The van der Waals surface area contributed by atoms with Crippen LogP contribution in [-0.2, 0) is 16.1 Å². The quantitative estimate of drug-likeness (QED) is 0.609. The van der Waals surface area contributed by atoms with Gasteiger partial charge in [0, 0.05) is 11.3 Å². The molecule has 0 saturated heterocycles. The van der Waals surface area contributed by atoms with E-state index in [0.29, 0.717) is 11.3 Å². The molecule has 0 fully saturated rings. The third-order valence-corrected chi connectivity index (χ3v) is 4.79. The Morgan fingerprint density at radius 1 is 0.929 bits per heavy atom. The van der Waals surface area contributed by atoms with Crippen molar-refractivity contribution in [2.24, 2.45) is 0 Å². The van der Waals surface area contributed by atoms with Crippen molar-refractivity contribution in [3.8, 4) is 0 Å². The number of benzene rings is 3. The van der Waals surface area contributed by atoms with Gasteiger partial charge in [-0.3, -0.25) is 9.59 Å². The highest BCUT2D eigenvalue weighted by Crippen LogP contribution is 2.39. The van der Waals surface area contributed by atoms with E-state index in [2.05, 4.69) is 0 Å². The summed E-state index contributed by atoms with van der Waals surface area (Å²) in [4.78, 5) is 27.0. The maximum atomic E-state index is 13.3. The van der Waals surface area contributed by atoms with E-state index in [0.717, 1.165) is 11.1 Å². The van der Waals surface area contributed by atoms with Gasteiger partial charge in [0.25, 0.3) is 5.91 Å². The van der Waals surface area contributed by atoms with Crippen molar-refractivity contribution in [3.05, 3.63) is 101 Å². The fourth-order valence-corrected chi connectivity index (χ4v) is 3.45. The summed E-state index contributed by atoms with van der Waals surface area (Å²) in [6.07, 6.45) is 0.0208. The van der Waals surface area contributed by atoms with Gasteiger partial charge in [0.05, 0.1) is 12.5 Å². The summed E-state index contributed by atoms with van der Waals surface area (Å²) in [6, 6.07) is 21.8. The molecular weight excluding hydrogens is 357 g/mol. The fourth-order valence-electron chi connectivity index (χ4n) is 3.45. The molecule has 1 amide bonds. The molecule has 5 heteroatoms. The Kier molecular flexibility index (Phi) is 4.89. The molecule has 4 rings (SSSR count). The van der Waals surface area contributed by atoms with Crippen LogP contribution in [0.4, 0.5) is 10.1 Å². The number of ether oxygens (including phenoxy) is 1. The van der Waals surface area contributed by atoms with Crippen molar-refractivity contribution in [1.82, 2.24) is 0 Å². The van der Waals surface area contributed by atoms with E-state index in [1.165, 1.54) is 17.0 Å². The maximum Gasteiger partial charge on any atom is 0.308 e. The third-order valence-electron chi connectivity index (χ3n) is 4.79. The van der Waals surface area contributed by atoms with Crippen molar-refractivity contribution in [2.45, 2.75) is 19.1 Å². The van der Waals surface area contributed by atoms with Gasteiger partial charge >= 0.3 is 5.97 Å². The van der Waals surface area contributed by atoms with Crippen LogP contribution in [0.5, 0.6) is 0 Å². The van der Waals surface area contributed by atoms with Gasteiger partial charge in [-0.1, -0.05) is 48.5 Å². The number of esters is 1. The fraction of sp³-hybridized carbons (Fsp3) is 0.130. The van der Waals surface area contributed by atoms with Crippen molar-refractivity contribution >= 4 is 17.6 Å². The zero-order chi connectivity index (χ0) is 19.5. The van der Waals surface area contributed by atoms with Gasteiger partial charge in [0.15, 0.2) is 0 Å². The summed E-state index contributed by atoms with van der Waals surface area (Å²) in [7, 11) is 0. The molecule has 0 spiro atoms. The zero-order valence-electron chi connectivity index (χ0n) is 15.0. The van der Waals surface area contributed by atoms with E-state index < -0.39 is 12.0 Å². The summed E-state index contributed by atoms with van der Waals surface area (Å²) >= 11 is 0. The topological polar surface area (TPSA) is 46.6 Å². The Balaban J connectivity index is 1.57. The Hall–Kier alpha value is -3.47. The van der Waals surface area contributed by atoms with Gasteiger partial charge in [-0.05, 0) is 41.5 Å². The molecule has 1 aliphatic heterocycles. The first-order valence-corrected chi connectivity index (χ1v) is 9.01. The molecule has 0 bridgehead atoms. The van der Waals surface area contributed by atoms with Crippen LogP contribution in [0.15, 0.2) is 78.9 Å². The van der Waals surface area contributed by atoms with Crippen LogP contribution in [0, 0.1) is 5.82 Å². The number of amides is 1. The van der Waals surface area contributed by atoms with Crippen LogP contribution in [0.3, 0.4) is 0 Å². The largest absolute Gasteiger partial charge is 0.461 e. The van der Waals surface area contributed by atoms with Gasteiger partial charge in [-0.25, -0.2) is 4.39 Å². The predicted molar refractivity (Wildman–Crippen MR) is 103 cm³/mol. The van der Waals surface area contributed by atoms with Crippen LogP contribution in [0.2, 0.25) is 0 Å². The first-order valence-electron chi connectivity index (χ1n) is 9.01. The zero-order valence-corrected chi connectivity index (χ0v) is 15.0. The highest BCUT2D eigenvalue weighted by atomic mass is 19.1. The molecule has 1 atom stereocenters. The molecule has 3 aromatic carbocycles. The van der Waals surface area contributed by atoms with Gasteiger partial charge < -0.3 is 9.64 Å². The molecule has 28 heavy (non-hydrogen) atoms. The molecule has 1 unspecified atom stereocenters. The number of halogens is 1. The van der Waals surface area contributed by atoms with Crippen molar-refractivity contribution in [1.29, 1.82) is 0 Å². The number of fused-ring (bicyclic) bond motifs is 1. The average Bonchev–Trinajstić information content (AvgIpc) is 3.00.